The van der Waals surface area contributed by atoms with Gasteiger partial charge < -0.3 is 10.2 Å². The molecule has 3 heterocycles. The second kappa shape index (κ2) is 5.85. The Kier molecular flexibility index (Phi) is 4.15. The second-order valence-corrected chi connectivity index (χ2v) is 7.52. The highest BCUT2D eigenvalue weighted by Gasteiger charge is 2.25. The summed E-state index contributed by atoms with van der Waals surface area (Å²) in [4.78, 5) is 16.9. The first-order valence-electron chi connectivity index (χ1n) is 6.93. The van der Waals surface area contributed by atoms with Crippen molar-refractivity contribution in [3.63, 3.8) is 0 Å². The van der Waals surface area contributed by atoms with Crippen LogP contribution in [0.1, 0.15) is 33.0 Å². The number of rotatable bonds is 2. The molecule has 0 radical (unpaired) electrons. The molecular weight excluding hydrogens is 276 g/mol. The van der Waals surface area contributed by atoms with Crippen LogP contribution in [-0.4, -0.2) is 42.7 Å². The number of aryl methyl sites for hydroxylation is 1. The van der Waals surface area contributed by atoms with E-state index in [1.807, 2.05) is 23.7 Å². The topological polar surface area (TPSA) is 32.3 Å². The van der Waals surface area contributed by atoms with E-state index in [1.54, 1.807) is 11.3 Å². The Labute approximate surface area is 122 Å². The zero-order valence-corrected chi connectivity index (χ0v) is 12.9. The molecule has 2 aliphatic heterocycles. The van der Waals surface area contributed by atoms with Crippen LogP contribution in [0.5, 0.6) is 0 Å². The summed E-state index contributed by atoms with van der Waals surface area (Å²) in [5, 5.41) is 3.38. The summed E-state index contributed by atoms with van der Waals surface area (Å²) < 4.78 is 0. The van der Waals surface area contributed by atoms with Crippen molar-refractivity contribution < 1.29 is 4.79 Å². The number of nitrogens with one attached hydrogen (secondary N) is 1. The monoisotopic (exact) mass is 296 g/mol. The van der Waals surface area contributed by atoms with Gasteiger partial charge in [0.1, 0.15) is 0 Å². The maximum Gasteiger partial charge on any atom is 0.263 e. The minimum atomic E-state index is 0.207. The summed E-state index contributed by atoms with van der Waals surface area (Å²) in [5.41, 5.74) is 1.39. The molecule has 3 rings (SSSR count). The van der Waals surface area contributed by atoms with Crippen molar-refractivity contribution in [3.8, 4) is 0 Å². The van der Waals surface area contributed by atoms with Crippen molar-refractivity contribution in [2.24, 2.45) is 0 Å². The van der Waals surface area contributed by atoms with Crippen LogP contribution >= 0.6 is 23.1 Å². The van der Waals surface area contributed by atoms with Crippen LogP contribution in [0.15, 0.2) is 6.07 Å². The molecular formula is C14H20N2OS2. The number of amides is 1. The van der Waals surface area contributed by atoms with Crippen LogP contribution in [0, 0.1) is 0 Å². The molecule has 0 bridgehead atoms. The predicted octanol–water partition coefficient (Wildman–Crippen LogP) is 2.36. The average Bonchev–Trinajstić information content (AvgIpc) is 2.90. The lowest BCUT2D eigenvalue weighted by atomic mass is 10.1. The van der Waals surface area contributed by atoms with Crippen molar-refractivity contribution in [2.75, 3.05) is 25.9 Å². The lowest BCUT2D eigenvalue weighted by Gasteiger charge is -2.31. The number of hydrogen-bond donors (Lipinski definition) is 1. The van der Waals surface area contributed by atoms with E-state index < -0.39 is 0 Å². The zero-order valence-electron chi connectivity index (χ0n) is 11.3. The standard InChI is InChI=1S/C14H20N2OS2/c1-16(11-3-2-5-15-8-11)14(17)13-7-10-9-18-6-4-12(10)19-13/h7,11,15H,2-6,8-9H2,1H3. The molecule has 0 aromatic carbocycles. The smallest absolute Gasteiger partial charge is 0.263 e. The molecule has 19 heavy (non-hydrogen) atoms. The third kappa shape index (κ3) is 2.83. The van der Waals surface area contributed by atoms with Gasteiger partial charge in [0, 0.05) is 30.3 Å². The van der Waals surface area contributed by atoms with Gasteiger partial charge in [0.15, 0.2) is 0 Å². The zero-order chi connectivity index (χ0) is 13.2. The SMILES string of the molecule is CN(C(=O)c1cc2c(s1)CCSC2)C1CCCNC1. The Balaban J connectivity index is 1.73. The normalized spacial score (nSPS) is 22.9. The fraction of sp³-hybridized carbons (Fsp3) is 0.643. The van der Waals surface area contributed by atoms with E-state index in [0.717, 1.165) is 36.6 Å². The highest BCUT2D eigenvalue weighted by Crippen LogP contribution is 2.32. The van der Waals surface area contributed by atoms with Crippen LogP contribution in [0.4, 0.5) is 0 Å². The quantitative estimate of drug-likeness (QED) is 0.909. The average molecular weight is 296 g/mol. The van der Waals surface area contributed by atoms with Crippen LogP contribution in [0.3, 0.4) is 0 Å². The van der Waals surface area contributed by atoms with E-state index in [9.17, 15) is 4.79 Å². The van der Waals surface area contributed by atoms with E-state index in [1.165, 1.54) is 22.6 Å². The van der Waals surface area contributed by atoms with Crippen molar-refractivity contribution in [2.45, 2.75) is 31.1 Å². The minimum absolute atomic E-state index is 0.207. The maximum absolute atomic E-state index is 12.6. The predicted molar refractivity (Wildman–Crippen MR) is 82.2 cm³/mol. The highest BCUT2D eigenvalue weighted by molar-refractivity contribution is 7.98. The van der Waals surface area contributed by atoms with Crippen LogP contribution in [0.2, 0.25) is 0 Å². The summed E-state index contributed by atoms with van der Waals surface area (Å²) >= 11 is 3.68. The molecule has 0 saturated carbocycles. The number of carbonyl (C=O) groups excluding carboxylic acids is 1. The molecule has 1 N–H and O–H groups in total. The third-order valence-corrected chi connectivity index (χ3v) is 6.21. The first-order chi connectivity index (χ1) is 9.25. The van der Waals surface area contributed by atoms with Gasteiger partial charge in [-0.1, -0.05) is 0 Å². The van der Waals surface area contributed by atoms with E-state index in [-0.39, 0.29) is 5.91 Å². The van der Waals surface area contributed by atoms with Crippen LogP contribution in [-0.2, 0) is 12.2 Å². The van der Waals surface area contributed by atoms with Crippen LogP contribution < -0.4 is 5.32 Å². The molecule has 1 atom stereocenters. The number of carbonyl (C=O) groups is 1. The molecule has 0 spiro atoms. The van der Waals surface area contributed by atoms with E-state index in [2.05, 4.69) is 11.4 Å². The number of thioether (sulfide) groups is 1. The molecule has 3 nitrogen and oxygen atoms in total. The third-order valence-electron chi connectivity index (χ3n) is 3.98. The Morgan fingerprint density at radius 2 is 2.42 bits per heavy atom. The van der Waals surface area contributed by atoms with E-state index >= 15 is 0 Å². The summed E-state index contributed by atoms with van der Waals surface area (Å²) in [7, 11) is 1.95. The van der Waals surface area contributed by atoms with Gasteiger partial charge in [-0.25, -0.2) is 0 Å². The van der Waals surface area contributed by atoms with Gasteiger partial charge in [0.25, 0.3) is 5.91 Å². The molecule has 1 unspecified atom stereocenters. The molecule has 1 fully saturated rings. The minimum Gasteiger partial charge on any atom is -0.337 e. The van der Waals surface area contributed by atoms with Gasteiger partial charge in [0.2, 0.25) is 0 Å². The first-order valence-corrected chi connectivity index (χ1v) is 8.90. The second-order valence-electron chi connectivity index (χ2n) is 5.28. The van der Waals surface area contributed by atoms with Crippen molar-refractivity contribution in [3.05, 3.63) is 21.4 Å². The van der Waals surface area contributed by atoms with Gasteiger partial charge in [-0.3, -0.25) is 4.79 Å². The van der Waals surface area contributed by atoms with Gasteiger partial charge in [-0.2, -0.15) is 11.8 Å². The molecule has 5 heteroatoms. The first kappa shape index (κ1) is 13.5. The van der Waals surface area contributed by atoms with Gasteiger partial charge in [-0.05, 0) is 43.2 Å². The summed E-state index contributed by atoms with van der Waals surface area (Å²) in [6.45, 7) is 2.02. The molecule has 1 aromatic rings. The molecule has 2 aliphatic rings. The van der Waals surface area contributed by atoms with E-state index in [0.29, 0.717) is 6.04 Å². The largest absolute Gasteiger partial charge is 0.337 e. The number of likely N-dealkylation sites (N-methyl/N-ethyl adjacent to an activating group) is 1. The van der Waals surface area contributed by atoms with E-state index in [4.69, 9.17) is 0 Å². The maximum atomic E-state index is 12.6. The summed E-state index contributed by atoms with van der Waals surface area (Å²) in [6.07, 6.45) is 3.42. The summed E-state index contributed by atoms with van der Waals surface area (Å²) in [5.74, 6) is 2.48. The number of hydrogen-bond acceptors (Lipinski definition) is 4. The lowest BCUT2D eigenvalue weighted by molar-refractivity contribution is 0.0713. The number of piperidine rings is 1. The Hall–Kier alpha value is -0.520. The van der Waals surface area contributed by atoms with Gasteiger partial charge in [0.05, 0.1) is 4.88 Å². The number of nitrogens with zero attached hydrogens (tertiary/aromatic N) is 1. The highest BCUT2D eigenvalue weighted by atomic mass is 32.2. The van der Waals surface area contributed by atoms with Crippen LogP contribution in [0.25, 0.3) is 0 Å². The van der Waals surface area contributed by atoms with Gasteiger partial charge >= 0.3 is 0 Å². The Morgan fingerprint density at radius 1 is 1.53 bits per heavy atom. The number of fused-ring (bicyclic) bond motifs is 1. The number of thiophene rings is 1. The van der Waals surface area contributed by atoms with Crippen molar-refractivity contribution in [1.82, 2.24) is 10.2 Å². The lowest BCUT2D eigenvalue weighted by Crippen LogP contribution is -2.46. The fourth-order valence-electron chi connectivity index (χ4n) is 2.76. The molecule has 1 amide bonds. The molecule has 104 valence electrons. The summed E-state index contributed by atoms with van der Waals surface area (Å²) in [6, 6.07) is 2.48. The van der Waals surface area contributed by atoms with Gasteiger partial charge in [-0.15, -0.1) is 11.3 Å². The molecule has 1 saturated heterocycles. The van der Waals surface area contributed by atoms with Crippen molar-refractivity contribution in [1.29, 1.82) is 0 Å². The fourth-order valence-corrected chi connectivity index (χ4v) is 5.11. The molecule has 0 aliphatic carbocycles. The Bertz CT molecular complexity index is 443. The molecule has 1 aromatic heterocycles. The Morgan fingerprint density at radius 3 is 3.16 bits per heavy atom. The van der Waals surface area contributed by atoms with Crippen molar-refractivity contribution >= 4 is 29.0 Å².